The van der Waals surface area contributed by atoms with Crippen LogP contribution in [0.2, 0.25) is 0 Å². The van der Waals surface area contributed by atoms with E-state index in [4.69, 9.17) is 4.74 Å². The average molecular weight is 361 g/mol. The number of anilines is 1. The van der Waals surface area contributed by atoms with Crippen LogP contribution in [0.1, 0.15) is 10.4 Å². The van der Waals surface area contributed by atoms with Crippen molar-refractivity contribution < 1.29 is 9.53 Å². The molecule has 1 aromatic heterocycles. The lowest BCUT2D eigenvalue weighted by Gasteiger charge is -2.36. The van der Waals surface area contributed by atoms with Gasteiger partial charge in [-0.3, -0.25) is 4.79 Å². The van der Waals surface area contributed by atoms with E-state index in [1.807, 2.05) is 70.4 Å². The summed E-state index contributed by atoms with van der Waals surface area (Å²) in [4.78, 5) is 17.0. The van der Waals surface area contributed by atoms with Crippen LogP contribution in [-0.4, -0.2) is 48.7 Å². The Morgan fingerprint density at radius 2 is 1.41 bits per heavy atom. The van der Waals surface area contributed by atoms with Gasteiger partial charge in [0.1, 0.15) is 5.75 Å². The number of piperazine rings is 1. The van der Waals surface area contributed by atoms with Crippen molar-refractivity contribution in [3.8, 4) is 11.4 Å². The molecule has 0 saturated carbocycles. The van der Waals surface area contributed by atoms with E-state index in [0.29, 0.717) is 0 Å². The molecule has 1 aliphatic rings. The van der Waals surface area contributed by atoms with Crippen molar-refractivity contribution >= 4 is 11.6 Å². The summed E-state index contributed by atoms with van der Waals surface area (Å²) in [5.74, 6) is 0.958. The topological polar surface area (TPSA) is 37.7 Å². The van der Waals surface area contributed by atoms with Crippen molar-refractivity contribution in [3.63, 3.8) is 0 Å². The summed E-state index contributed by atoms with van der Waals surface area (Å²) >= 11 is 0. The van der Waals surface area contributed by atoms with Crippen LogP contribution in [-0.2, 0) is 0 Å². The molecular formula is C22H23N3O2. The maximum Gasteiger partial charge on any atom is 0.253 e. The molecule has 138 valence electrons. The minimum absolute atomic E-state index is 0.100. The molecule has 0 bridgehead atoms. The third kappa shape index (κ3) is 3.67. The summed E-state index contributed by atoms with van der Waals surface area (Å²) in [6.07, 6.45) is 3.99. The number of rotatable bonds is 4. The highest BCUT2D eigenvalue weighted by molar-refractivity contribution is 5.94. The molecule has 0 N–H and O–H groups in total. The Balaban J connectivity index is 1.38. The van der Waals surface area contributed by atoms with Crippen LogP contribution in [0.3, 0.4) is 0 Å². The Kier molecular flexibility index (Phi) is 4.83. The molecule has 5 heteroatoms. The van der Waals surface area contributed by atoms with Gasteiger partial charge in [-0.25, -0.2) is 0 Å². The van der Waals surface area contributed by atoms with E-state index in [1.165, 1.54) is 5.69 Å². The molecule has 27 heavy (non-hydrogen) atoms. The summed E-state index contributed by atoms with van der Waals surface area (Å²) in [5.41, 5.74) is 2.96. The van der Waals surface area contributed by atoms with Crippen molar-refractivity contribution in [2.45, 2.75) is 0 Å². The Hall–Kier alpha value is -3.21. The van der Waals surface area contributed by atoms with E-state index in [-0.39, 0.29) is 5.91 Å². The van der Waals surface area contributed by atoms with Gasteiger partial charge in [-0.05, 0) is 60.7 Å². The Labute approximate surface area is 159 Å². The fraction of sp³-hybridized carbons (Fsp3) is 0.227. The predicted molar refractivity (Wildman–Crippen MR) is 107 cm³/mol. The lowest BCUT2D eigenvalue weighted by molar-refractivity contribution is 0.0747. The highest BCUT2D eigenvalue weighted by Gasteiger charge is 2.22. The van der Waals surface area contributed by atoms with Gasteiger partial charge in [0.25, 0.3) is 5.91 Å². The number of carbonyl (C=O) groups is 1. The minimum Gasteiger partial charge on any atom is -0.497 e. The molecule has 0 radical (unpaired) electrons. The Morgan fingerprint density at radius 1 is 0.815 bits per heavy atom. The lowest BCUT2D eigenvalue weighted by Crippen LogP contribution is -2.48. The first-order valence-electron chi connectivity index (χ1n) is 9.16. The molecule has 0 atom stereocenters. The standard InChI is InChI=1S/C22H23N3O2/c1-27-21-10-8-20(9-11-21)24-14-16-25(17-15-24)22(26)18-4-6-19(7-5-18)23-12-2-3-13-23/h2-13H,14-17H2,1H3. The SMILES string of the molecule is COc1ccc(N2CCN(C(=O)c3ccc(-n4cccc4)cc3)CC2)cc1. The molecule has 1 saturated heterocycles. The highest BCUT2D eigenvalue weighted by atomic mass is 16.5. The van der Waals surface area contributed by atoms with Gasteiger partial charge < -0.3 is 19.1 Å². The van der Waals surface area contributed by atoms with E-state index < -0.39 is 0 Å². The van der Waals surface area contributed by atoms with Gasteiger partial charge >= 0.3 is 0 Å². The number of ether oxygens (including phenoxy) is 1. The van der Waals surface area contributed by atoms with Crippen LogP contribution >= 0.6 is 0 Å². The first-order chi connectivity index (χ1) is 13.2. The van der Waals surface area contributed by atoms with Gasteiger partial charge in [0.2, 0.25) is 0 Å². The molecule has 1 amide bonds. The molecule has 0 unspecified atom stereocenters. The van der Waals surface area contributed by atoms with Gasteiger partial charge in [0, 0.05) is 55.5 Å². The first kappa shape index (κ1) is 17.2. The fourth-order valence-corrected chi connectivity index (χ4v) is 3.43. The third-order valence-corrected chi connectivity index (χ3v) is 5.02. The second-order valence-corrected chi connectivity index (χ2v) is 6.61. The smallest absolute Gasteiger partial charge is 0.253 e. The normalized spacial score (nSPS) is 14.3. The molecule has 2 aromatic carbocycles. The van der Waals surface area contributed by atoms with Crippen LogP contribution in [0.15, 0.2) is 73.1 Å². The van der Waals surface area contributed by atoms with Crippen molar-refractivity contribution in [3.05, 3.63) is 78.6 Å². The second-order valence-electron chi connectivity index (χ2n) is 6.61. The van der Waals surface area contributed by atoms with Crippen LogP contribution in [0.5, 0.6) is 5.75 Å². The van der Waals surface area contributed by atoms with Crippen LogP contribution in [0.4, 0.5) is 5.69 Å². The van der Waals surface area contributed by atoms with Gasteiger partial charge in [0.05, 0.1) is 7.11 Å². The van der Waals surface area contributed by atoms with Crippen molar-refractivity contribution in [1.82, 2.24) is 9.47 Å². The number of hydrogen-bond acceptors (Lipinski definition) is 3. The summed E-state index contributed by atoms with van der Waals surface area (Å²) < 4.78 is 7.24. The molecular weight excluding hydrogens is 338 g/mol. The van der Waals surface area contributed by atoms with Gasteiger partial charge in [-0.1, -0.05) is 0 Å². The quantitative estimate of drug-likeness (QED) is 0.714. The highest BCUT2D eigenvalue weighted by Crippen LogP contribution is 2.21. The molecule has 3 aromatic rings. The van der Waals surface area contributed by atoms with Crippen molar-refractivity contribution in [2.24, 2.45) is 0 Å². The van der Waals surface area contributed by atoms with Gasteiger partial charge in [-0.2, -0.15) is 0 Å². The lowest BCUT2D eigenvalue weighted by atomic mass is 10.1. The number of methoxy groups -OCH3 is 1. The molecule has 0 aliphatic carbocycles. The summed E-state index contributed by atoms with van der Waals surface area (Å²) in [6, 6.07) is 19.8. The van der Waals surface area contributed by atoms with E-state index in [9.17, 15) is 4.79 Å². The minimum atomic E-state index is 0.100. The summed E-state index contributed by atoms with van der Waals surface area (Å²) in [7, 11) is 1.67. The third-order valence-electron chi connectivity index (χ3n) is 5.02. The zero-order valence-electron chi connectivity index (χ0n) is 15.4. The zero-order chi connectivity index (χ0) is 18.6. The number of amides is 1. The maximum atomic E-state index is 12.8. The van der Waals surface area contributed by atoms with Crippen LogP contribution in [0, 0.1) is 0 Å². The largest absolute Gasteiger partial charge is 0.497 e. The molecule has 1 fully saturated rings. The monoisotopic (exact) mass is 361 g/mol. The van der Waals surface area contributed by atoms with E-state index >= 15 is 0 Å². The fourth-order valence-electron chi connectivity index (χ4n) is 3.43. The summed E-state index contributed by atoms with van der Waals surface area (Å²) in [6.45, 7) is 3.12. The number of carbonyl (C=O) groups excluding carboxylic acids is 1. The maximum absolute atomic E-state index is 12.8. The van der Waals surface area contributed by atoms with Crippen molar-refractivity contribution in [1.29, 1.82) is 0 Å². The molecule has 2 heterocycles. The van der Waals surface area contributed by atoms with Crippen molar-refractivity contribution in [2.75, 3.05) is 38.2 Å². The molecule has 0 spiro atoms. The van der Waals surface area contributed by atoms with Gasteiger partial charge in [-0.15, -0.1) is 0 Å². The summed E-state index contributed by atoms with van der Waals surface area (Å²) in [5, 5.41) is 0. The second kappa shape index (κ2) is 7.58. The number of aromatic nitrogens is 1. The van der Waals surface area contributed by atoms with E-state index in [1.54, 1.807) is 7.11 Å². The van der Waals surface area contributed by atoms with E-state index in [0.717, 1.165) is 43.2 Å². The Morgan fingerprint density at radius 3 is 2.00 bits per heavy atom. The predicted octanol–water partition coefficient (Wildman–Crippen LogP) is 3.45. The van der Waals surface area contributed by atoms with Gasteiger partial charge in [0.15, 0.2) is 0 Å². The van der Waals surface area contributed by atoms with E-state index in [2.05, 4.69) is 17.0 Å². The number of benzene rings is 2. The molecule has 1 aliphatic heterocycles. The zero-order valence-corrected chi connectivity index (χ0v) is 15.4. The molecule has 4 rings (SSSR count). The first-order valence-corrected chi connectivity index (χ1v) is 9.16. The number of hydrogen-bond donors (Lipinski definition) is 0. The molecule has 5 nitrogen and oxygen atoms in total. The number of nitrogens with zero attached hydrogens (tertiary/aromatic N) is 3. The Bertz CT molecular complexity index is 878. The van der Waals surface area contributed by atoms with Crippen LogP contribution < -0.4 is 9.64 Å². The average Bonchev–Trinajstić information content (AvgIpc) is 3.28. The van der Waals surface area contributed by atoms with Crippen LogP contribution in [0.25, 0.3) is 5.69 Å².